The first-order chi connectivity index (χ1) is 13.0. The Hall–Kier alpha value is -2.15. The molecule has 0 atom stereocenters. The maximum absolute atomic E-state index is 14.3. The molecule has 1 aromatic heterocycles. The highest BCUT2D eigenvalue weighted by molar-refractivity contribution is 7.90. The highest BCUT2D eigenvalue weighted by Crippen LogP contribution is 2.37. The smallest absolute Gasteiger partial charge is 0.271 e. The van der Waals surface area contributed by atoms with Gasteiger partial charge in [-0.3, -0.25) is 0 Å². The molecule has 0 unspecified atom stereocenters. The van der Waals surface area contributed by atoms with Crippen molar-refractivity contribution in [1.29, 1.82) is 0 Å². The van der Waals surface area contributed by atoms with E-state index in [1.807, 2.05) is 31.3 Å². The van der Waals surface area contributed by atoms with Gasteiger partial charge in [-0.05, 0) is 55.1 Å². The maximum Gasteiger partial charge on any atom is 0.271 e. The number of rotatable bonds is 4. The van der Waals surface area contributed by atoms with Gasteiger partial charge in [0, 0.05) is 18.3 Å². The molecule has 0 spiro atoms. The molecule has 1 heterocycles. The van der Waals surface area contributed by atoms with Gasteiger partial charge in [-0.2, -0.15) is 0 Å². The lowest BCUT2D eigenvalue weighted by Gasteiger charge is -2.14. The fourth-order valence-corrected chi connectivity index (χ4v) is 5.34. The van der Waals surface area contributed by atoms with E-state index in [9.17, 15) is 12.8 Å². The normalized spacial score (nSPS) is 13.2. The lowest BCUT2D eigenvalue weighted by molar-refractivity contribution is 0.561. The fraction of sp³-hybridized carbons (Fsp3) is 0.238. The Morgan fingerprint density at radius 2 is 1.79 bits per heavy atom. The molecule has 0 bridgehead atoms. The SMILES string of the molecule is CNCc1cn(S(=O)(=O)c2ccccc2F)c2c1CCCc1ccccc1-2.Cl. The summed E-state index contributed by atoms with van der Waals surface area (Å²) in [6.07, 6.45) is 4.28. The molecule has 0 aliphatic heterocycles. The minimum atomic E-state index is -4.05. The van der Waals surface area contributed by atoms with E-state index in [-0.39, 0.29) is 17.3 Å². The predicted octanol–water partition coefficient (Wildman–Crippen LogP) is 4.16. The van der Waals surface area contributed by atoms with Gasteiger partial charge >= 0.3 is 0 Å². The van der Waals surface area contributed by atoms with Crippen molar-refractivity contribution in [3.8, 4) is 11.3 Å². The second kappa shape index (κ2) is 8.07. The van der Waals surface area contributed by atoms with Crippen LogP contribution in [0.5, 0.6) is 0 Å². The van der Waals surface area contributed by atoms with Gasteiger partial charge in [0.1, 0.15) is 10.7 Å². The summed E-state index contributed by atoms with van der Waals surface area (Å²) in [4.78, 5) is -0.305. The molecule has 3 aromatic rings. The molecule has 0 saturated carbocycles. The Labute approximate surface area is 170 Å². The van der Waals surface area contributed by atoms with Crippen molar-refractivity contribution >= 4 is 22.4 Å². The van der Waals surface area contributed by atoms with E-state index >= 15 is 0 Å². The summed E-state index contributed by atoms with van der Waals surface area (Å²) < 4.78 is 42.3. The molecular formula is C21H22ClFN2O2S. The van der Waals surface area contributed by atoms with E-state index in [4.69, 9.17) is 0 Å². The topological polar surface area (TPSA) is 51.1 Å². The zero-order valence-corrected chi connectivity index (χ0v) is 17.1. The monoisotopic (exact) mass is 420 g/mol. The molecule has 0 saturated heterocycles. The summed E-state index contributed by atoms with van der Waals surface area (Å²) in [6.45, 7) is 0.560. The second-order valence-corrected chi connectivity index (χ2v) is 8.54. The van der Waals surface area contributed by atoms with E-state index in [0.29, 0.717) is 12.2 Å². The summed E-state index contributed by atoms with van der Waals surface area (Å²) in [5.74, 6) is -0.739. The first-order valence-corrected chi connectivity index (χ1v) is 10.4. The Morgan fingerprint density at radius 3 is 2.54 bits per heavy atom. The van der Waals surface area contributed by atoms with Crippen molar-refractivity contribution in [1.82, 2.24) is 9.29 Å². The Kier molecular flexibility index (Phi) is 5.93. The lowest BCUT2D eigenvalue weighted by Crippen LogP contribution is -2.15. The molecule has 28 heavy (non-hydrogen) atoms. The highest BCUT2D eigenvalue weighted by atomic mass is 35.5. The van der Waals surface area contributed by atoms with E-state index in [1.165, 1.54) is 22.2 Å². The molecule has 4 nitrogen and oxygen atoms in total. The van der Waals surface area contributed by atoms with Gasteiger partial charge in [0.15, 0.2) is 0 Å². The lowest BCUT2D eigenvalue weighted by atomic mass is 10.0. The van der Waals surface area contributed by atoms with Crippen molar-refractivity contribution < 1.29 is 12.8 Å². The second-order valence-electron chi connectivity index (χ2n) is 6.75. The highest BCUT2D eigenvalue weighted by Gasteiger charge is 2.29. The molecule has 4 rings (SSSR count). The molecule has 7 heteroatoms. The number of nitrogens with zero attached hydrogens (tertiary/aromatic N) is 1. The molecule has 148 valence electrons. The number of nitrogens with one attached hydrogen (secondary N) is 1. The van der Waals surface area contributed by atoms with Crippen molar-refractivity contribution in [3.63, 3.8) is 0 Å². The van der Waals surface area contributed by atoms with Crippen LogP contribution in [0.15, 0.2) is 59.6 Å². The zero-order valence-electron chi connectivity index (χ0n) is 15.5. The molecule has 2 aromatic carbocycles. The van der Waals surface area contributed by atoms with Crippen molar-refractivity contribution in [3.05, 3.63) is 77.2 Å². The third-order valence-corrected chi connectivity index (χ3v) is 6.75. The van der Waals surface area contributed by atoms with Crippen LogP contribution in [0, 0.1) is 5.82 Å². The van der Waals surface area contributed by atoms with Crippen LogP contribution in [-0.2, 0) is 29.4 Å². The fourth-order valence-electron chi connectivity index (χ4n) is 3.85. The summed E-state index contributed by atoms with van der Waals surface area (Å²) in [5.41, 5.74) is 4.65. The number of hydrogen-bond donors (Lipinski definition) is 1. The number of hydrogen-bond acceptors (Lipinski definition) is 3. The minimum Gasteiger partial charge on any atom is -0.316 e. The molecule has 0 fully saturated rings. The largest absolute Gasteiger partial charge is 0.316 e. The van der Waals surface area contributed by atoms with Gasteiger partial charge in [0.05, 0.1) is 5.69 Å². The summed E-state index contributed by atoms with van der Waals surface area (Å²) in [7, 11) is -2.22. The predicted molar refractivity (Wildman–Crippen MR) is 111 cm³/mol. The van der Waals surface area contributed by atoms with Gasteiger partial charge in [-0.25, -0.2) is 16.8 Å². The number of fused-ring (bicyclic) bond motifs is 3. The Morgan fingerprint density at radius 1 is 1.07 bits per heavy atom. The first kappa shape index (κ1) is 20.6. The Balaban J connectivity index is 0.00000225. The van der Waals surface area contributed by atoms with Gasteiger partial charge in [-0.15, -0.1) is 12.4 Å². The van der Waals surface area contributed by atoms with Crippen molar-refractivity contribution in [2.24, 2.45) is 0 Å². The third-order valence-electron chi connectivity index (χ3n) is 5.05. The number of aryl methyl sites for hydroxylation is 1. The van der Waals surface area contributed by atoms with Crippen LogP contribution >= 0.6 is 12.4 Å². The quantitative estimate of drug-likeness (QED) is 0.689. The molecular weight excluding hydrogens is 399 g/mol. The first-order valence-electron chi connectivity index (χ1n) is 9.00. The zero-order chi connectivity index (χ0) is 19.0. The third kappa shape index (κ3) is 3.36. The van der Waals surface area contributed by atoms with E-state index in [1.54, 1.807) is 12.3 Å². The molecule has 0 amide bonds. The van der Waals surface area contributed by atoms with Crippen LogP contribution in [0.3, 0.4) is 0 Å². The van der Waals surface area contributed by atoms with Crippen molar-refractivity contribution in [2.75, 3.05) is 7.05 Å². The van der Waals surface area contributed by atoms with Gasteiger partial charge < -0.3 is 5.32 Å². The molecule has 1 N–H and O–H groups in total. The van der Waals surface area contributed by atoms with E-state index in [0.717, 1.165) is 41.5 Å². The van der Waals surface area contributed by atoms with Crippen LogP contribution < -0.4 is 5.32 Å². The van der Waals surface area contributed by atoms with Crippen LogP contribution in [0.1, 0.15) is 23.1 Å². The minimum absolute atomic E-state index is 0. The van der Waals surface area contributed by atoms with Crippen LogP contribution in [-0.4, -0.2) is 19.4 Å². The standard InChI is InChI=1S/C21H21FN2O2S.ClH/c1-23-13-16-14-24(27(25,26)20-12-5-4-11-19(20)22)21-17-9-3-2-7-15(17)8-6-10-18(16)21;/h2-5,7,9,11-12,14,23H,6,8,10,13H2,1H3;1H. The summed E-state index contributed by atoms with van der Waals surface area (Å²) in [6, 6.07) is 13.4. The van der Waals surface area contributed by atoms with E-state index < -0.39 is 15.8 Å². The molecule has 1 aliphatic carbocycles. The van der Waals surface area contributed by atoms with Crippen molar-refractivity contribution in [2.45, 2.75) is 30.7 Å². The average molecular weight is 421 g/mol. The van der Waals surface area contributed by atoms with Gasteiger partial charge in [0.2, 0.25) is 0 Å². The average Bonchev–Trinajstić information content (AvgIpc) is 2.91. The number of benzene rings is 2. The van der Waals surface area contributed by atoms with Gasteiger partial charge in [0.25, 0.3) is 10.0 Å². The molecule has 0 radical (unpaired) electrons. The Bertz CT molecular complexity index is 1110. The molecule has 1 aliphatic rings. The van der Waals surface area contributed by atoms with Crippen LogP contribution in [0.2, 0.25) is 0 Å². The van der Waals surface area contributed by atoms with Crippen LogP contribution in [0.25, 0.3) is 11.3 Å². The number of halogens is 2. The van der Waals surface area contributed by atoms with Crippen LogP contribution in [0.4, 0.5) is 4.39 Å². The maximum atomic E-state index is 14.3. The van der Waals surface area contributed by atoms with E-state index in [2.05, 4.69) is 5.32 Å². The summed E-state index contributed by atoms with van der Waals surface area (Å²) in [5, 5.41) is 3.11. The van der Waals surface area contributed by atoms with Gasteiger partial charge in [-0.1, -0.05) is 36.4 Å². The number of aromatic nitrogens is 1. The summed E-state index contributed by atoms with van der Waals surface area (Å²) >= 11 is 0.